The van der Waals surface area contributed by atoms with E-state index < -0.39 is 4.92 Å². The van der Waals surface area contributed by atoms with Gasteiger partial charge in [-0.25, -0.2) is 0 Å². The topological polar surface area (TPSA) is 98.7 Å². The molecule has 0 spiro atoms. The summed E-state index contributed by atoms with van der Waals surface area (Å²) in [6, 6.07) is 5.97. The number of nitrogens with two attached hydrogens (primary N) is 1. The van der Waals surface area contributed by atoms with Crippen molar-refractivity contribution in [3.63, 3.8) is 0 Å². The summed E-state index contributed by atoms with van der Waals surface area (Å²) in [4.78, 5) is 23.8. The minimum Gasteiger partial charge on any atom is -0.477 e. The first-order chi connectivity index (χ1) is 9.76. The molecule has 0 atom stereocenters. The number of nitro benzene ring substituents is 1. The van der Waals surface area contributed by atoms with Crippen LogP contribution in [-0.2, 0) is 4.79 Å². The number of hydrogen-bond acceptors (Lipinski definition) is 5. The largest absolute Gasteiger partial charge is 0.477 e. The van der Waals surface area contributed by atoms with Crippen molar-refractivity contribution in [2.75, 3.05) is 26.7 Å². The van der Waals surface area contributed by atoms with Gasteiger partial charge in [0.1, 0.15) is 0 Å². The van der Waals surface area contributed by atoms with E-state index in [-0.39, 0.29) is 29.4 Å². The maximum Gasteiger partial charge on any atom is 0.310 e. The predicted molar refractivity (Wildman–Crippen MR) is 79.1 cm³/mol. The van der Waals surface area contributed by atoms with Gasteiger partial charge in [0.2, 0.25) is 0 Å². The van der Waals surface area contributed by atoms with Crippen molar-refractivity contribution in [3.8, 4) is 5.75 Å². The molecule has 0 saturated carbocycles. The third kappa shape index (κ3) is 5.03. The van der Waals surface area contributed by atoms with E-state index in [1.165, 1.54) is 17.0 Å². The monoisotopic (exact) mass is 295 g/mol. The first-order valence-electron chi connectivity index (χ1n) is 6.57. The Morgan fingerprint density at radius 1 is 1.43 bits per heavy atom. The molecule has 7 nitrogen and oxygen atoms in total. The highest BCUT2D eigenvalue weighted by Crippen LogP contribution is 2.25. The van der Waals surface area contributed by atoms with Gasteiger partial charge in [-0.1, -0.05) is 26.0 Å². The molecule has 0 fully saturated rings. The number of hydrogen-bond donors (Lipinski definition) is 1. The van der Waals surface area contributed by atoms with E-state index in [9.17, 15) is 14.9 Å². The van der Waals surface area contributed by atoms with Crippen LogP contribution in [-0.4, -0.2) is 42.5 Å². The Labute approximate surface area is 123 Å². The summed E-state index contributed by atoms with van der Waals surface area (Å²) in [5.41, 5.74) is 5.28. The zero-order valence-electron chi connectivity index (χ0n) is 12.5. The van der Waals surface area contributed by atoms with Gasteiger partial charge < -0.3 is 15.4 Å². The summed E-state index contributed by atoms with van der Waals surface area (Å²) in [7, 11) is 1.66. The molecule has 0 aliphatic heterocycles. The van der Waals surface area contributed by atoms with Crippen molar-refractivity contribution in [1.82, 2.24) is 4.90 Å². The van der Waals surface area contributed by atoms with Crippen LogP contribution in [0.1, 0.15) is 13.8 Å². The lowest BCUT2D eigenvalue weighted by Crippen LogP contribution is -2.41. The second-order valence-electron chi connectivity index (χ2n) is 5.63. The van der Waals surface area contributed by atoms with Crippen molar-refractivity contribution in [1.29, 1.82) is 0 Å². The fourth-order valence-electron chi connectivity index (χ4n) is 1.77. The molecule has 0 radical (unpaired) electrons. The number of carbonyl (C=O) groups excluding carboxylic acids is 1. The molecular weight excluding hydrogens is 274 g/mol. The van der Waals surface area contributed by atoms with E-state index in [1.54, 1.807) is 19.2 Å². The van der Waals surface area contributed by atoms with Crippen LogP contribution in [0.25, 0.3) is 0 Å². The Balaban J connectivity index is 2.63. The molecule has 21 heavy (non-hydrogen) atoms. The minimum atomic E-state index is -0.541. The van der Waals surface area contributed by atoms with Crippen LogP contribution in [0, 0.1) is 15.5 Å². The molecule has 7 heteroatoms. The van der Waals surface area contributed by atoms with Crippen LogP contribution in [0.15, 0.2) is 24.3 Å². The molecule has 0 unspecified atom stereocenters. The lowest BCUT2D eigenvalue weighted by Gasteiger charge is -2.28. The molecule has 1 amide bonds. The predicted octanol–water partition coefficient (Wildman–Crippen LogP) is 1.42. The third-order valence-electron chi connectivity index (χ3n) is 3.06. The molecule has 0 aliphatic carbocycles. The van der Waals surface area contributed by atoms with E-state index >= 15 is 0 Å². The first-order valence-corrected chi connectivity index (χ1v) is 6.57. The van der Waals surface area contributed by atoms with Crippen LogP contribution >= 0.6 is 0 Å². The quantitative estimate of drug-likeness (QED) is 0.606. The average Bonchev–Trinajstić information content (AvgIpc) is 2.44. The zero-order valence-corrected chi connectivity index (χ0v) is 12.5. The summed E-state index contributed by atoms with van der Waals surface area (Å²) in [6.07, 6.45) is 0. The van der Waals surface area contributed by atoms with Gasteiger partial charge >= 0.3 is 5.69 Å². The summed E-state index contributed by atoms with van der Waals surface area (Å²) < 4.78 is 5.27. The summed E-state index contributed by atoms with van der Waals surface area (Å²) >= 11 is 0. The van der Waals surface area contributed by atoms with Gasteiger partial charge in [0.05, 0.1) is 4.92 Å². The molecule has 1 rings (SSSR count). The molecule has 0 aromatic heterocycles. The number of benzene rings is 1. The van der Waals surface area contributed by atoms with Crippen molar-refractivity contribution in [2.24, 2.45) is 11.1 Å². The summed E-state index contributed by atoms with van der Waals surface area (Å²) in [5, 5.41) is 10.8. The number of rotatable bonds is 7. The molecule has 0 bridgehead atoms. The normalized spacial score (nSPS) is 11.0. The Morgan fingerprint density at radius 3 is 2.62 bits per heavy atom. The first kappa shape index (κ1) is 16.9. The van der Waals surface area contributed by atoms with Gasteiger partial charge in [-0.15, -0.1) is 0 Å². The summed E-state index contributed by atoms with van der Waals surface area (Å²) in [5.74, 6) is -0.169. The highest BCUT2D eigenvalue weighted by molar-refractivity contribution is 5.77. The SMILES string of the molecule is CN(CC(C)(C)CN)C(=O)COc1ccccc1[N+](=O)[O-]. The maximum absolute atomic E-state index is 12.0. The molecule has 2 N–H and O–H groups in total. The van der Waals surface area contributed by atoms with Crippen LogP contribution in [0.2, 0.25) is 0 Å². The fraction of sp³-hybridized carbons (Fsp3) is 0.500. The zero-order chi connectivity index (χ0) is 16.0. The number of para-hydroxylation sites is 2. The standard InChI is InChI=1S/C14H21N3O4/c1-14(2,9-15)10-16(3)13(18)8-21-12-7-5-4-6-11(12)17(19)20/h4-7H,8-10,15H2,1-3H3. The second-order valence-corrected chi connectivity index (χ2v) is 5.63. The molecule has 0 heterocycles. The van der Waals surface area contributed by atoms with Crippen LogP contribution in [0.5, 0.6) is 5.75 Å². The Hall–Kier alpha value is -2.15. The van der Waals surface area contributed by atoms with Crippen molar-refractivity contribution < 1.29 is 14.5 Å². The fourth-order valence-corrected chi connectivity index (χ4v) is 1.77. The second kappa shape index (κ2) is 7.03. The number of nitrogens with zero attached hydrogens (tertiary/aromatic N) is 2. The van der Waals surface area contributed by atoms with E-state index in [0.29, 0.717) is 13.1 Å². The lowest BCUT2D eigenvalue weighted by molar-refractivity contribution is -0.385. The smallest absolute Gasteiger partial charge is 0.310 e. The van der Waals surface area contributed by atoms with E-state index in [1.807, 2.05) is 13.8 Å². The van der Waals surface area contributed by atoms with E-state index in [2.05, 4.69) is 0 Å². The molecule has 0 aliphatic rings. The van der Waals surface area contributed by atoms with E-state index in [0.717, 1.165) is 0 Å². The molecule has 1 aromatic carbocycles. The highest BCUT2D eigenvalue weighted by Gasteiger charge is 2.22. The van der Waals surface area contributed by atoms with E-state index in [4.69, 9.17) is 10.5 Å². The highest BCUT2D eigenvalue weighted by atomic mass is 16.6. The maximum atomic E-state index is 12.0. The van der Waals surface area contributed by atoms with Crippen molar-refractivity contribution >= 4 is 11.6 Å². The minimum absolute atomic E-state index is 0.0855. The van der Waals surface area contributed by atoms with Gasteiger partial charge in [0.25, 0.3) is 5.91 Å². The van der Waals surface area contributed by atoms with Gasteiger partial charge in [-0.05, 0) is 18.0 Å². The Kier molecular flexibility index (Phi) is 5.66. The van der Waals surface area contributed by atoms with Crippen LogP contribution in [0.4, 0.5) is 5.69 Å². The Morgan fingerprint density at radius 2 is 2.05 bits per heavy atom. The van der Waals surface area contributed by atoms with Crippen LogP contribution in [0.3, 0.4) is 0 Å². The van der Waals surface area contributed by atoms with Gasteiger partial charge in [-0.2, -0.15) is 0 Å². The van der Waals surface area contributed by atoms with Crippen LogP contribution < -0.4 is 10.5 Å². The molecule has 116 valence electrons. The third-order valence-corrected chi connectivity index (χ3v) is 3.06. The summed E-state index contributed by atoms with van der Waals surface area (Å²) in [6.45, 7) is 4.61. The lowest BCUT2D eigenvalue weighted by atomic mass is 9.93. The number of amides is 1. The average molecular weight is 295 g/mol. The van der Waals surface area contributed by atoms with Gasteiger partial charge in [-0.3, -0.25) is 14.9 Å². The Bertz CT molecular complexity index is 517. The number of nitro groups is 1. The molecule has 1 aromatic rings. The number of likely N-dealkylation sites (N-methyl/N-ethyl adjacent to an activating group) is 1. The van der Waals surface area contributed by atoms with Gasteiger partial charge in [0, 0.05) is 19.7 Å². The number of carbonyl (C=O) groups is 1. The number of ether oxygens (including phenoxy) is 1. The molecular formula is C14H21N3O4. The van der Waals surface area contributed by atoms with Crippen molar-refractivity contribution in [3.05, 3.63) is 34.4 Å². The van der Waals surface area contributed by atoms with Gasteiger partial charge in [0.15, 0.2) is 12.4 Å². The molecule has 0 saturated heterocycles. The van der Waals surface area contributed by atoms with Crippen molar-refractivity contribution in [2.45, 2.75) is 13.8 Å².